The largest absolute Gasteiger partial charge is 0.394 e. The van der Waals surface area contributed by atoms with Gasteiger partial charge < -0.3 is 115 Å². The van der Waals surface area contributed by atoms with Gasteiger partial charge in [-0.2, -0.15) is 0 Å². The van der Waals surface area contributed by atoms with Crippen molar-refractivity contribution < 1.29 is 114 Å². The molecule has 4 heterocycles. The summed E-state index contributed by atoms with van der Waals surface area (Å²) in [6.45, 7) is 0.531. The first kappa shape index (κ1) is 72.8. The second-order valence-electron chi connectivity index (χ2n) is 22.9. The average molecular weight is 1190 g/mol. The molecule has 0 aromatic carbocycles. The van der Waals surface area contributed by atoms with Gasteiger partial charge in [0, 0.05) is 6.42 Å². The first-order valence-corrected chi connectivity index (χ1v) is 31.0. The minimum atomic E-state index is -2.08. The minimum absolute atomic E-state index is 0.221. The Morgan fingerprint density at radius 3 is 1.26 bits per heavy atom. The van der Waals surface area contributed by atoms with Crippen molar-refractivity contribution in [2.45, 2.75) is 316 Å². The van der Waals surface area contributed by atoms with Crippen molar-refractivity contribution >= 4 is 5.91 Å². The predicted molar refractivity (Wildman–Crippen MR) is 296 cm³/mol. The number of hydrogen-bond acceptors (Lipinski definition) is 23. The molecule has 24 heteroatoms. The minimum Gasteiger partial charge on any atom is -0.394 e. The lowest BCUT2D eigenvalue weighted by molar-refractivity contribution is -0.389. The number of carbonyl (C=O) groups excluding carboxylic acids is 1. The summed E-state index contributed by atoms with van der Waals surface area (Å²) in [5, 5.41) is 154. The van der Waals surface area contributed by atoms with Crippen LogP contribution in [0.15, 0.2) is 12.2 Å². The normalized spacial score (nSPS) is 35.3. The SMILES string of the molecule is CCCCCCCCCCCCC/C=C/[C@@H](O)[C@H](CO[C@@H]1OC(CO)[C@@H](O[C@@H]2OC(CO)[C@H](O[C@@H]3OC(CO)[C@H](O)[C@H](O[C@@H]4OC(CO)[C@H](O)[C@H](O)C4O)C3O)[C@H](O)C2O)[C@H](O)C1O)NC(=O)CCCCCCCCCCCCCCC. The number of allylic oxidation sites excluding steroid dienone is 1. The van der Waals surface area contributed by atoms with Gasteiger partial charge >= 0.3 is 0 Å². The van der Waals surface area contributed by atoms with Crippen molar-refractivity contribution in [2.24, 2.45) is 0 Å². The second kappa shape index (κ2) is 40.7. The number of amides is 1. The van der Waals surface area contributed by atoms with Gasteiger partial charge in [0.2, 0.25) is 5.91 Å². The summed E-state index contributed by atoms with van der Waals surface area (Å²) < 4.78 is 45.7. The van der Waals surface area contributed by atoms with Crippen LogP contribution in [0.2, 0.25) is 0 Å². The second-order valence-corrected chi connectivity index (χ2v) is 22.9. The van der Waals surface area contributed by atoms with Crippen LogP contribution in [0.1, 0.15) is 181 Å². The fourth-order valence-electron chi connectivity index (χ4n) is 11.0. The lowest BCUT2D eigenvalue weighted by atomic mass is 9.95. The Labute approximate surface area is 485 Å². The summed E-state index contributed by atoms with van der Waals surface area (Å²) in [6, 6.07) is -1.00. The summed E-state index contributed by atoms with van der Waals surface area (Å²) >= 11 is 0. The van der Waals surface area contributed by atoms with Crippen LogP contribution in [0, 0.1) is 0 Å². The first-order chi connectivity index (χ1) is 39.6. The molecule has 22 atom stereocenters. The van der Waals surface area contributed by atoms with E-state index < -0.39 is 161 Å². The van der Waals surface area contributed by atoms with Gasteiger partial charge in [-0.05, 0) is 19.3 Å². The predicted octanol–water partition coefficient (Wildman–Crippen LogP) is 0.860. The zero-order chi connectivity index (χ0) is 60.0. The van der Waals surface area contributed by atoms with E-state index in [0.717, 1.165) is 51.4 Å². The number of hydrogen-bond donors (Lipinski definition) is 15. The number of aliphatic hydroxyl groups is 14. The maximum Gasteiger partial charge on any atom is 0.220 e. The van der Waals surface area contributed by atoms with E-state index in [1.807, 2.05) is 6.08 Å². The van der Waals surface area contributed by atoms with Crippen LogP contribution in [-0.2, 0) is 42.7 Å². The Morgan fingerprint density at radius 1 is 0.427 bits per heavy atom. The van der Waals surface area contributed by atoms with Gasteiger partial charge in [-0.15, -0.1) is 0 Å². The van der Waals surface area contributed by atoms with Crippen LogP contribution in [0.3, 0.4) is 0 Å². The van der Waals surface area contributed by atoms with E-state index in [1.54, 1.807) is 6.08 Å². The van der Waals surface area contributed by atoms with E-state index in [0.29, 0.717) is 6.42 Å². The highest BCUT2D eigenvalue weighted by atomic mass is 16.8. The van der Waals surface area contributed by atoms with E-state index in [1.165, 1.54) is 103 Å². The highest BCUT2D eigenvalue weighted by Gasteiger charge is 2.55. The molecule has 4 rings (SSSR count). The lowest BCUT2D eigenvalue weighted by Gasteiger charge is -2.49. The van der Waals surface area contributed by atoms with Crippen molar-refractivity contribution in [3.63, 3.8) is 0 Å². The monoisotopic (exact) mass is 1190 g/mol. The third-order valence-electron chi connectivity index (χ3n) is 16.2. The Hall–Kier alpha value is -1.67. The third kappa shape index (κ3) is 23.5. The number of nitrogens with one attached hydrogen (secondary N) is 1. The van der Waals surface area contributed by atoms with Gasteiger partial charge in [-0.1, -0.05) is 167 Å². The van der Waals surface area contributed by atoms with Gasteiger partial charge in [0.1, 0.15) is 97.7 Å². The fourth-order valence-corrected chi connectivity index (χ4v) is 11.0. The van der Waals surface area contributed by atoms with Crippen molar-refractivity contribution in [3.8, 4) is 0 Å². The molecular weight excluding hydrogens is 1080 g/mol. The Kier molecular flexibility index (Phi) is 36.2. The van der Waals surface area contributed by atoms with Gasteiger partial charge in [-0.3, -0.25) is 4.79 Å². The van der Waals surface area contributed by atoms with E-state index in [2.05, 4.69) is 19.2 Å². The van der Waals surface area contributed by atoms with Crippen LogP contribution in [0.25, 0.3) is 0 Å². The Bertz CT molecular complexity index is 1670. The number of carbonyl (C=O) groups is 1. The highest BCUT2D eigenvalue weighted by molar-refractivity contribution is 5.76. The standard InChI is InChI=1S/C58H107NO23/c1-3-5-7-9-11-13-15-17-19-21-23-25-27-29-37(64)36(59-42(65)30-28-26-24-22-20-18-16-14-12-10-8-6-4-2)35-75-55-49(72)46(69)52(40(33-62)78-55)80-57-50(73)47(70)53(41(34-63)79-57)81-58-51(74)54(44(67)39(32-61)77-58)82-56-48(71)45(68)43(66)38(31-60)76-56/h27,29,36-41,43-58,60-64,66-74H,3-26,28,30-35H2,1-2H3,(H,59,65)/b29-27+/t36-,37+,38?,39?,40?,41?,43-,44-,45-,46+,47+,48?,49?,50?,51?,52+,53-,54-,55+,56-,57-,58-/m0/s1. The molecule has 4 saturated heterocycles. The van der Waals surface area contributed by atoms with Crippen molar-refractivity contribution in [2.75, 3.05) is 33.0 Å². The quantitative estimate of drug-likeness (QED) is 0.0298. The molecule has 0 spiro atoms. The van der Waals surface area contributed by atoms with Gasteiger partial charge in [0.15, 0.2) is 25.2 Å². The van der Waals surface area contributed by atoms with Crippen molar-refractivity contribution in [1.82, 2.24) is 5.32 Å². The van der Waals surface area contributed by atoms with Crippen molar-refractivity contribution in [1.29, 1.82) is 0 Å². The average Bonchev–Trinajstić information content (AvgIpc) is 3.49. The summed E-state index contributed by atoms with van der Waals surface area (Å²) in [5.74, 6) is -0.302. The molecule has 24 nitrogen and oxygen atoms in total. The molecule has 4 aliphatic heterocycles. The molecule has 15 N–H and O–H groups in total. The number of unbranched alkanes of at least 4 members (excludes halogenated alkanes) is 23. The highest BCUT2D eigenvalue weighted by Crippen LogP contribution is 2.35. The number of ether oxygens (including phenoxy) is 8. The molecule has 4 fully saturated rings. The molecular formula is C58H107NO23. The molecule has 0 aromatic heterocycles. The number of aliphatic hydroxyl groups excluding tert-OH is 14. The molecule has 0 aromatic rings. The third-order valence-corrected chi connectivity index (χ3v) is 16.2. The van der Waals surface area contributed by atoms with Crippen LogP contribution in [0.5, 0.6) is 0 Å². The van der Waals surface area contributed by atoms with E-state index in [4.69, 9.17) is 37.9 Å². The molecule has 82 heavy (non-hydrogen) atoms. The topological polar surface area (TPSA) is 386 Å². The zero-order valence-corrected chi connectivity index (χ0v) is 48.7. The van der Waals surface area contributed by atoms with Crippen LogP contribution in [-0.4, -0.2) is 245 Å². The van der Waals surface area contributed by atoms with Gasteiger partial charge in [-0.25, -0.2) is 0 Å². The summed E-state index contributed by atoms with van der Waals surface area (Å²) in [5.41, 5.74) is 0. The maximum absolute atomic E-state index is 13.3. The van der Waals surface area contributed by atoms with Gasteiger partial charge in [0.05, 0.1) is 45.2 Å². The van der Waals surface area contributed by atoms with E-state index in [9.17, 15) is 76.3 Å². The molecule has 0 saturated carbocycles. The Morgan fingerprint density at radius 2 is 0.793 bits per heavy atom. The lowest BCUT2D eigenvalue weighted by Crippen LogP contribution is -2.67. The molecule has 4 aliphatic rings. The van der Waals surface area contributed by atoms with Crippen LogP contribution in [0.4, 0.5) is 0 Å². The van der Waals surface area contributed by atoms with E-state index >= 15 is 0 Å². The fraction of sp³-hybridized carbons (Fsp3) is 0.948. The van der Waals surface area contributed by atoms with E-state index in [-0.39, 0.29) is 18.9 Å². The Balaban J connectivity index is 1.33. The van der Waals surface area contributed by atoms with Gasteiger partial charge in [0.25, 0.3) is 0 Å². The van der Waals surface area contributed by atoms with Crippen molar-refractivity contribution in [3.05, 3.63) is 12.2 Å². The first-order valence-electron chi connectivity index (χ1n) is 31.0. The maximum atomic E-state index is 13.3. The molecule has 1 amide bonds. The molecule has 8 unspecified atom stereocenters. The van der Waals surface area contributed by atoms with Crippen LogP contribution >= 0.6 is 0 Å². The smallest absolute Gasteiger partial charge is 0.220 e. The summed E-state index contributed by atoms with van der Waals surface area (Å²) in [6.07, 6.45) is -4.80. The summed E-state index contributed by atoms with van der Waals surface area (Å²) in [7, 11) is 0. The molecule has 0 radical (unpaired) electrons. The van der Waals surface area contributed by atoms with Crippen LogP contribution < -0.4 is 5.32 Å². The molecule has 0 aliphatic carbocycles. The zero-order valence-electron chi connectivity index (χ0n) is 48.7. The molecule has 482 valence electrons. The molecule has 0 bridgehead atoms. The number of rotatable bonds is 42. The summed E-state index contributed by atoms with van der Waals surface area (Å²) in [4.78, 5) is 13.3.